The topological polar surface area (TPSA) is 20.3 Å². The number of Topliss-reactive ketones (excluding diaryl/α,β-unsaturated/α-hetero) is 1. The molecule has 2 atom stereocenters. The summed E-state index contributed by atoms with van der Waals surface area (Å²) in [5.74, 6) is 0.596. The Balaban J connectivity index is 1.67. The highest BCUT2D eigenvalue weighted by Crippen LogP contribution is 2.41. The number of piperidine rings is 1. The van der Waals surface area contributed by atoms with Crippen molar-refractivity contribution >= 4 is 13.9 Å². The lowest BCUT2D eigenvalue weighted by Crippen LogP contribution is -2.45. The van der Waals surface area contributed by atoms with E-state index in [1.54, 1.807) is 0 Å². The first-order chi connectivity index (χ1) is 10.9. The van der Waals surface area contributed by atoms with Crippen molar-refractivity contribution in [2.75, 3.05) is 0 Å². The average Bonchev–Trinajstić information content (AvgIpc) is 2.75. The first-order valence-corrected chi connectivity index (χ1v) is 12.4. The van der Waals surface area contributed by atoms with Crippen molar-refractivity contribution in [2.24, 2.45) is 5.92 Å². The Morgan fingerprint density at radius 1 is 1.13 bits per heavy atom. The zero-order valence-corrected chi connectivity index (χ0v) is 15.7. The lowest BCUT2D eigenvalue weighted by atomic mass is 9.87. The minimum Gasteiger partial charge on any atom is -0.295 e. The Morgan fingerprint density at radius 2 is 1.70 bits per heavy atom. The fourth-order valence-electron chi connectivity index (χ4n) is 4.16. The fourth-order valence-corrected chi connectivity index (χ4v) is 5.10. The fraction of sp³-hybridized carbons (Fsp3) is 0.550. The molecule has 124 valence electrons. The molecule has 1 aromatic rings. The summed E-state index contributed by atoms with van der Waals surface area (Å²) in [5.41, 5.74) is 1.39. The molecule has 3 rings (SSSR count). The number of allylic oxidation sites excluding steroid dienone is 1. The summed E-state index contributed by atoms with van der Waals surface area (Å²) in [7, 11) is -1.57. The van der Waals surface area contributed by atoms with Crippen molar-refractivity contribution < 1.29 is 4.79 Å². The lowest BCUT2D eigenvalue weighted by Gasteiger charge is -2.39. The predicted molar refractivity (Wildman–Crippen MR) is 99.0 cm³/mol. The maximum atomic E-state index is 12.8. The third kappa shape index (κ3) is 3.51. The van der Waals surface area contributed by atoms with Crippen LogP contribution in [-0.4, -0.2) is 30.8 Å². The van der Waals surface area contributed by atoms with Crippen LogP contribution in [0.1, 0.15) is 31.2 Å². The number of carbonyl (C=O) groups is 1. The number of carbonyl (C=O) groups excluding carboxylic acids is 1. The molecule has 2 saturated heterocycles. The molecular weight excluding hydrogens is 298 g/mol. The van der Waals surface area contributed by atoms with E-state index in [-0.39, 0.29) is 5.92 Å². The Bertz CT molecular complexity index is 575. The first kappa shape index (κ1) is 16.7. The third-order valence-corrected chi connectivity index (χ3v) is 7.72. The van der Waals surface area contributed by atoms with Crippen LogP contribution in [0, 0.1) is 5.92 Å². The van der Waals surface area contributed by atoms with Crippen molar-refractivity contribution in [3.63, 3.8) is 0 Å². The molecule has 23 heavy (non-hydrogen) atoms. The zero-order valence-electron chi connectivity index (χ0n) is 14.7. The van der Waals surface area contributed by atoms with Crippen LogP contribution >= 0.6 is 0 Å². The Kier molecular flexibility index (Phi) is 4.61. The molecule has 0 amide bonds. The molecule has 0 aliphatic carbocycles. The number of ketones is 1. The summed E-state index contributed by atoms with van der Waals surface area (Å²) in [5, 5.41) is 0.943. The van der Waals surface area contributed by atoms with Gasteiger partial charge in [-0.3, -0.25) is 9.69 Å². The Morgan fingerprint density at radius 3 is 2.22 bits per heavy atom. The van der Waals surface area contributed by atoms with E-state index in [2.05, 4.69) is 61.5 Å². The average molecular weight is 328 g/mol. The van der Waals surface area contributed by atoms with Crippen LogP contribution < -0.4 is 0 Å². The summed E-state index contributed by atoms with van der Waals surface area (Å²) in [6.07, 6.45) is 4.57. The van der Waals surface area contributed by atoms with E-state index in [1.807, 2.05) is 0 Å². The molecule has 0 saturated carbocycles. The summed E-state index contributed by atoms with van der Waals surface area (Å²) in [6.45, 7) is 11.9. The van der Waals surface area contributed by atoms with Crippen LogP contribution in [0.4, 0.5) is 0 Å². The van der Waals surface area contributed by atoms with Crippen molar-refractivity contribution in [1.29, 1.82) is 0 Å². The smallest absolute Gasteiger partial charge is 0.157 e. The summed E-state index contributed by atoms with van der Waals surface area (Å²) in [6, 6.07) is 11.9. The zero-order chi connectivity index (χ0) is 16.6. The minimum absolute atomic E-state index is 0.221. The van der Waals surface area contributed by atoms with Crippen molar-refractivity contribution in [3.05, 3.63) is 47.7 Å². The van der Waals surface area contributed by atoms with Gasteiger partial charge in [0.1, 0.15) is 0 Å². The van der Waals surface area contributed by atoms with Gasteiger partial charge in [0.15, 0.2) is 5.78 Å². The van der Waals surface area contributed by atoms with E-state index in [0.29, 0.717) is 17.9 Å². The molecule has 2 aliphatic rings. The molecule has 0 radical (unpaired) electrons. The van der Waals surface area contributed by atoms with Crippen LogP contribution in [0.5, 0.6) is 0 Å². The molecule has 2 nitrogen and oxygen atoms in total. The van der Waals surface area contributed by atoms with Gasteiger partial charge in [-0.15, -0.1) is 0 Å². The molecule has 3 heteroatoms. The highest BCUT2D eigenvalue weighted by atomic mass is 28.3. The van der Waals surface area contributed by atoms with Gasteiger partial charge in [0, 0.05) is 24.5 Å². The van der Waals surface area contributed by atoms with Crippen molar-refractivity contribution in [3.8, 4) is 0 Å². The summed E-state index contributed by atoms with van der Waals surface area (Å²) < 4.78 is 0. The van der Waals surface area contributed by atoms with E-state index in [0.717, 1.165) is 24.6 Å². The molecule has 2 bridgehead atoms. The second-order valence-corrected chi connectivity index (χ2v) is 13.4. The highest BCUT2D eigenvalue weighted by Gasteiger charge is 2.43. The van der Waals surface area contributed by atoms with Crippen LogP contribution in [0.3, 0.4) is 0 Å². The molecular formula is C20H29NOSi. The van der Waals surface area contributed by atoms with Gasteiger partial charge < -0.3 is 0 Å². The van der Waals surface area contributed by atoms with E-state index in [4.69, 9.17) is 0 Å². The maximum absolute atomic E-state index is 12.8. The van der Waals surface area contributed by atoms with Gasteiger partial charge >= 0.3 is 0 Å². The van der Waals surface area contributed by atoms with E-state index < -0.39 is 8.07 Å². The monoisotopic (exact) mass is 327 g/mol. The van der Waals surface area contributed by atoms with Gasteiger partial charge in [0.2, 0.25) is 0 Å². The van der Waals surface area contributed by atoms with Crippen molar-refractivity contribution in [1.82, 2.24) is 4.90 Å². The first-order valence-electron chi connectivity index (χ1n) is 8.89. The lowest BCUT2D eigenvalue weighted by molar-refractivity contribution is -0.121. The molecule has 0 spiro atoms. The van der Waals surface area contributed by atoms with Gasteiger partial charge in [0.25, 0.3) is 0 Å². The standard InChI is InChI=1S/C20H29NOSi/c1-15(23(2,3)4)20(22)17-12-18-10-11-19(13-17)21(18)14-16-8-6-5-7-9-16/h5-9,17-19H,1,10-14H2,2-4H3. The molecule has 2 heterocycles. The number of benzene rings is 1. The Hall–Kier alpha value is -1.19. The molecule has 2 fully saturated rings. The second kappa shape index (κ2) is 6.37. The SMILES string of the molecule is C=C(C(=O)C1CC2CCC(C1)N2Cc1ccccc1)[Si](C)(C)C. The molecule has 2 unspecified atom stereocenters. The largest absolute Gasteiger partial charge is 0.295 e. The van der Waals surface area contributed by atoms with Gasteiger partial charge in [-0.05, 0) is 36.4 Å². The number of hydrogen-bond donors (Lipinski definition) is 0. The Labute approximate surface area is 141 Å². The minimum atomic E-state index is -1.57. The number of nitrogens with zero attached hydrogens (tertiary/aromatic N) is 1. The molecule has 0 N–H and O–H groups in total. The van der Waals surface area contributed by atoms with Crippen LogP contribution in [0.2, 0.25) is 19.6 Å². The van der Waals surface area contributed by atoms with E-state index in [1.165, 1.54) is 18.4 Å². The van der Waals surface area contributed by atoms with Gasteiger partial charge in [0.05, 0.1) is 8.07 Å². The highest BCUT2D eigenvalue weighted by molar-refractivity contribution is 6.87. The van der Waals surface area contributed by atoms with Gasteiger partial charge in [-0.1, -0.05) is 56.6 Å². The molecule has 0 aromatic heterocycles. The number of hydrogen-bond acceptors (Lipinski definition) is 2. The van der Waals surface area contributed by atoms with E-state index >= 15 is 0 Å². The molecule has 1 aromatic carbocycles. The van der Waals surface area contributed by atoms with Crippen LogP contribution in [0.25, 0.3) is 0 Å². The van der Waals surface area contributed by atoms with E-state index in [9.17, 15) is 4.79 Å². The van der Waals surface area contributed by atoms with Crippen LogP contribution in [-0.2, 0) is 11.3 Å². The summed E-state index contributed by atoms with van der Waals surface area (Å²) in [4.78, 5) is 15.5. The third-order valence-electron chi connectivity index (χ3n) is 5.67. The predicted octanol–water partition coefficient (Wildman–Crippen LogP) is 4.43. The van der Waals surface area contributed by atoms with Crippen molar-refractivity contribution in [2.45, 2.75) is 64.0 Å². The molecule has 2 aliphatic heterocycles. The summed E-state index contributed by atoms with van der Waals surface area (Å²) >= 11 is 0. The number of rotatable bonds is 5. The van der Waals surface area contributed by atoms with Crippen LogP contribution in [0.15, 0.2) is 42.1 Å². The maximum Gasteiger partial charge on any atom is 0.157 e. The second-order valence-electron chi connectivity index (χ2n) is 8.30. The number of fused-ring (bicyclic) bond motifs is 2. The van der Waals surface area contributed by atoms with Gasteiger partial charge in [-0.2, -0.15) is 0 Å². The normalized spacial score (nSPS) is 27.9. The van der Waals surface area contributed by atoms with Gasteiger partial charge in [-0.25, -0.2) is 0 Å². The quantitative estimate of drug-likeness (QED) is 0.589.